The summed E-state index contributed by atoms with van der Waals surface area (Å²) in [6, 6.07) is 3.97. The minimum absolute atomic E-state index is 0.307. The molecule has 0 atom stereocenters. The van der Waals surface area contributed by atoms with Gasteiger partial charge < -0.3 is 14.3 Å². The lowest BCUT2D eigenvalue weighted by Crippen LogP contribution is -2.11. The Kier molecular flexibility index (Phi) is 3.38. The third-order valence-corrected chi connectivity index (χ3v) is 3.05. The monoisotopic (exact) mass is 270 g/mol. The molecule has 0 aromatic heterocycles. The summed E-state index contributed by atoms with van der Waals surface area (Å²) in [5.74, 6) is 0.866. The highest BCUT2D eigenvalue weighted by Crippen LogP contribution is 2.30. The van der Waals surface area contributed by atoms with Crippen molar-refractivity contribution in [2.75, 3.05) is 6.79 Å². The molecule has 15 heavy (non-hydrogen) atoms. The molecule has 0 saturated heterocycles. The van der Waals surface area contributed by atoms with E-state index in [4.69, 9.17) is 9.47 Å². The van der Waals surface area contributed by atoms with Crippen molar-refractivity contribution in [1.82, 2.24) is 0 Å². The Balaban J connectivity index is 2.27. The van der Waals surface area contributed by atoms with Gasteiger partial charge in [-0.15, -0.1) is 0 Å². The molecule has 3 nitrogen and oxygen atoms in total. The van der Waals surface area contributed by atoms with Crippen LogP contribution in [0, 0.1) is 0 Å². The van der Waals surface area contributed by atoms with E-state index >= 15 is 0 Å². The summed E-state index contributed by atoms with van der Waals surface area (Å²) < 4.78 is 11.6. The van der Waals surface area contributed by atoms with Crippen molar-refractivity contribution in [3.63, 3.8) is 0 Å². The highest BCUT2D eigenvalue weighted by atomic mass is 79.9. The molecule has 0 aliphatic carbocycles. The van der Waals surface area contributed by atoms with Gasteiger partial charge in [-0.1, -0.05) is 15.9 Å². The first-order chi connectivity index (χ1) is 7.31. The van der Waals surface area contributed by atoms with Crippen molar-refractivity contribution in [2.45, 2.75) is 19.4 Å². The summed E-state index contributed by atoms with van der Waals surface area (Å²) in [6.45, 7) is 0.893. The van der Waals surface area contributed by atoms with Crippen molar-refractivity contribution in [3.8, 4) is 5.75 Å². The molecule has 1 aliphatic rings. The van der Waals surface area contributed by atoms with Gasteiger partial charge in [0.1, 0.15) is 12.0 Å². The molecule has 0 fully saturated rings. The second-order valence-electron chi connectivity index (χ2n) is 3.37. The highest BCUT2D eigenvalue weighted by Gasteiger charge is 2.13. The summed E-state index contributed by atoms with van der Waals surface area (Å²) >= 11 is 3.48. The van der Waals surface area contributed by atoms with Crippen LogP contribution in [0.25, 0.3) is 0 Å². The van der Waals surface area contributed by atoms with E-state index in [1.165, 1.54) is 0 Å². The SMILES string of the molecule is O=CCCc1cc2c(cc1Br)COCO2. The van der Waals surface area contributed by atoms with Gasteiger partial charge in [-0.3, -0.25) is 0 Å². The smallest absolute Gasteiger partial charge is 0.189 e. The van der Waals surface area contributed by atoms with Crippen LogP contribution in [0.1, 0.15) is 17.5 Å². The summed E-state index contributed by atoms with van der Waals surface area (Å²) in [7, 11) is 0. The molecule has 0 unspecified atom stereocenters. The summed E-state index contributed by atoms with van der Waals surface area (Å²) in [5, 5.41) is 0. The van der Waals surface area contributed by atoms with Crippen LogP contribution < -0.4 is 4.74 Å². The van der Waals surface area contributed by atoms with Gasteiger partial charge in [0.15, 0.2) is 6.79 Å². The van der Waals surface area contributed by atoms with Crippen LogP contribution in [0.4, 0.5) is 0 Å². The number of fused-ring (bicyclic) bond motifs is 1. The molecular formula is C11H11BrO3. The Morgan fingerprint density at radius 3 is 3.13 bits per heavy atom. The Morgan fingerprint density at radius 1 is 1.47 bits per heavy atom. The zero-order valence-electron chi connectivity index (χ0n) is 8.16. The van der Waals surface area contributed by atoms with Gasteiger partial charge in [0.05, 0.1) is 6.61 Å². The van der Waals surface area contributed by atoms with E-state index in [0.717, 1.165) is 34.1 Å². The normalized spacial score (nSPS) is 14.2. The van der Waals surface area contributed by atoms with Crippen LogP contribution in [0.3, 0.4) is 0 Å². The van der Waals surface area contributed by atoms with Crippen LogP contribution in [-0.4, -0.2) is 13.1 Å². The second kappa shape index (κ2) is 4.77. The zero-order valence-corrected chi connectivity index (χ0v) is 9.75. The molecular weight excluding hydrogens is 260 g/mol. The van der Waals surface area contributed by atoms with Gasteiger partial charge >= 0.3 is 0 Å². The van der Waals surface area contributed by atoms with Gasteiger partial charge in [-0.05, 0) is 24.1 Å². The molecule has 1 aromatic carbocycles. The lowest BCUT2D eigenvalue weighted by atomic mass is 10.1. The molecule has 0 spiro atoms. The van der Waals surface area contributed by atoms with Gasteiger partial charge in [0, 0.05) is 16.5 Å². The van der Waals surface area contributed by atoms with Crippen LogP contribution in [0.5, 0.6) is 5.75 Å². The minimum atomic E-state index is 0.307. The Labute approximate surface area is 96.5 Å². The summed E-state index contributed by atoms with van der Waals surface area (Å²) in [6.07, 6.45) is 2.20. The first-order valence-corrected chi connectivity index (χ1v) is 5.56. The molecule has 1 aliphatic heterocycles. The average molecular weight is 271 g/mol. The summed E-state index contributed by atoms with van der Waals surface area (Å²) in [4.78, 5) is 10.3. The van der Waals surface area contributed by atoms with E-state index in [1.807, 2.05) is 12.1 Å². The van der Waals surface area contributed by atoms with E-state index in [9.17, 15) is 4.79 Å². The van der Waals surface area contributed by atoms with E-state index in [1.54, 1.807) is 0 Å². The molecule has 0 saturated carbocycles. The van der Waals surface area contributed by atoms with Crippen LogP contribution in [0.15, 0.2) is 16.6 Å². The Bertz CT molecular complexity index is 376. The maximum absolute atomic E-state index is 10.3. The fourth-order valence-corrected chi connectivity index (χ4v) is 2.14. The molecule has 0 amide bonds. The van der Waals surface area contributed by atoms with E-state index in [2.05, 4.69) is 15.9 Å². The number of halogens is 1. The molecule has 1 aromatic rings. The maximum atomic E-state index is 10.3. The first kappa shape index (κ1) is 10.6. The van der Waals surface area contributed by atoms with E-state index in [0.29, 0.717) is 19.8 Å². The lowest BCUT2D eigenvalue weighted by molar-refractivity contribution is -0.107. The number of aryl methyl sites for hydroxylation is 1. The predicted molar refractivity (Wildman–Crippen MR) is 58.8 cm³/mol. The quantitative estimate of drug-likeness (QED) is 0.792. The van der Waals surface area contributed by atoms with Crippen molar-refractivity contribution in [2.24, 2.45) is 0 Å². The molecule has 80 valence electrons. The van der Waals surface area contributed by atoms with Crippen LogP contribution in [0.2, 0.25) is 0 Å². The van der Waals surface area contributed by atoms with E-state index in [-0.39, 0.29) is 0 Å². The number of hydrogen-bond donors (Lipinski definition) is 0. The third kappa shape index (κ3) is 2.38. The van der Waals surface area contributed by atoms with Gasteiger partial charge in [-0.2, -0.15) is 0 Å². The van der Waals surface area contributed by atoms with E-state index < -0.39 is 0 Å². The fourth-order valence-electron chi connectivity index (χ4n) is 1.55. The van der Waals surface area contributed by atoms with Crippen molar-refractivity contribution >= 4 is 22.2 Å². The van der Waals surface area contributed by atoms with Gasteiger partial charge in [-0.25, -0.2) is 0 Å². The van der Waals surface area contributed by atoms with Crippen LogP contribution in [-0.2, 0) is 22.6 Å². The molecule has 0 radical (unpaired) electrons. The predicted octanol–water partition coefficient (Wildman–Crippen LogP) is 2.45. The Hall–Kier alpha value is -0.870. The molecule has 2 rings (SSSR count). The number of benzene rings is 1. The third-order valence-electron chi connectivity index (χ3n) is 2.32. The second-order valence-corrected chi connectivity index (χ2v) is 4.22. The van der Waals surface area contributed by atoms with Gasteiger partial charge in [0.2, 0.25) is 0 Å². The number of ether oxygens (including phenoxy) is 2. The molecule has 0 N–H and O–H groups in total. The zero-order chi connectivity index (χ0) is 10.7. The highest BCUT2D eigenvalue weighted by molar-refractivity contribution is 9.10. The van der Waals surface area contributed by atoms with Crippen molar-refractivity contribution in [1.29, 1.82) is 0 Å². The van der Waals surface area contributed by atoms with Gasteiger partial charge in [0.25, 0.3) is 0 Å². The number of carbonyl (C=O) groups is 1. The number of hydrogen-bond acceptors (Lipinski definition) is 3. The largest absolute Gasteiger partial charge is 0.467 e. The number of aldehydes is 1. The molecule has 1 heterocycles. The standard InChI is InChI=1S/C11H11BrO3/c12-10-4-9-6-14-7-15-11(9)5-8(10)2-1-3-13/h3-5H,1-2,6-7H2. The minimum Gasteiger partial charge on any atom is -0.467 e. The number of rotatable bonds is 3. The summed E-state index contributed by atoms with van der Waals surface area (Å²) in [5.41, 5.74) is 2.14. The first-order valence-electron chi connectivity index (χ1n) is 4.76. The Morgan fingerprint density at radius 2 is 2.33 bits per heavy atom. The fraction of sp³-hybridized carbons (Fsp3) is 0.364. The lowest BCUT2D eigenvalue weighted by Gasteiger charge is -2.19. The van der Waals surface area contributed by atoms with Crippen LogP contribution >= 0.6 is 15.9 Å². The average Bonchev–Trinajstić information content (AvgIpc) is 2.26. The maximum Gasteiger partial charge on any atom is 0.189 e. The van der Waals surface area contributed by atoms with Crippen molar-refractivity contribution < 1.29 is 14.3 Å². The molecule has 4 heteroatoms. The molecule has 0 bridgehead atoms. The number of carbonyl (C=O) groups excluding carboxylic acids is 1. The topological polar surface area (TPSA) is 35.5 Å². The van der Waals surface area contributed by atoms with Crippen molar-refractivity contribution in [3.05, 3.63) is 27.7 Å².